The second-order valence-corrected chi connectivity index (χ2v) is 5.51. The molecule has 6 heteroatoms. The predicted molar refractivity (Wildman–Crippen MR) is 93.4 cm³/mol. The number of nitrogens with one attached hydrogen (secondary N) is 2. The molecule has 2 N–H and O–H groups in total. The predicted octanol–water partition coefficient (Wildman–Crippen LogP) is 2.76. The number of H-pyrrole nitrogens is 1. The Morgan fingerprint density at radius 3 is 2.67 bits per heavy atom. The molecule has 0 spiro atoms. The second kappa shape index (κ2) is 7.04. The van der Waals surface area contributed by atoms with Gasteiger partial charge < -0.3 is 15.0 Å². The Morgan fingerprint density at radius 1 is 1.17 bits per heavy atom. The summed E-state index contributed by atoms with van der Waals surface area (Å²) in [5, 5.41) is 2.71. The molecule has 3 rings (SSSR count). The number of amides is 1. The molecule has 0 unspecified atom stereocenters. The van der Waals surface area contributed by atoms with Crippen molar-refractivity contribution in [2.45, 2.75) is 19.9 Å². The molecule has 0 bridgehead atoms. The fraction of sp³-hybridized carbons (Fsp3) is 0.222. The largest absolute Gasteiger partial charge is 0.494 e. The van der Waals surface area contributed by atoms with Crippen LogP contribution in [0.1, 0.15) is 13.3 Å². The van der Waals surface area contributed by atoms with Gasteiger partial charge in [-0.05, 0) is 42.8 Å². The lowest BCUT2D eigenvalue weighted by molar-refractivity contribution is -0.114. The molecule has 2 aromatic carbocycles. The number of carbonyl (C=O) groups is 1. The number of benzene rings is 2. The first-order valence-electron chi connectivity index (χ1n) is 7.81. The zero-order chi connectivity index (χ0) is 16.9. The molecule has 0 aliphatic rings. The summed E-state index contributed by atoms with van der Waals surface area (Å²) in [6.45, 7) is 2.56. The minimum Gasteiger partial charge on any atom is -0.494 e. The van der Waals surface area contributed by atoms with Gasteiger partial charge in [0.05, 0.1) is 17.6 Å². The Morgan fingerprint density at radius 2 is 1.92 bits per heavy atom. The fourth-order valence-corrected chi connectivity index (χ4v) is 2.58. The topological polar surface area (TPSA) is 76.1 Å². The Kier molecular flexibility index (Phi) is 4.65. The molecule has 124 valence electrons. The number of fused-ring (bicyclic) bond motifs is 1. The summed E-state index contributed by atoms with van der Waals surface area (Å²) in [6.07, 6.45) is 0.717. The van der Waals surface area contributed by atoms with Gasteiger partial charge in [-0.25, -0.2) is 4.79 Å². The van der Waals surface area contributed by atoms with Gasteiger partial charge >= 0.3 is 5.69 Å². The number of aromatic nitrogens is 2. The number of aryl methyl sites for hydroxylation is 1. The molecule has 0 aliphatic heterocycles. The highest BCUT2D eigenvalue weighted by molar-refractivity contribution is 5.88. The SMILES string of the molecule is CC(=O)Nc1ccc(OCCCn2c(=O)[nH]c3ccccc32)cc1. The molecule has 3 aromatic rings. The van der Waals surface area contributed by atoms with E-state index in [1.54, 1.807) is 16.7 Å². The number of carbonyl (C=O) groups excluding carboxylic acids is 1. The summed E-state index contributed by atoms with van der Waals surface area (Å²) in [5.74, 6) is 0.628. The molecule has 1 amide bonds. The Labute approximate surface area is 139 Å². The molecule has 0 fully saturated rings. The zero-order valence-electron chi connectivity index (χ0n) is 13.4. The average molecular weight is 325 g/mol. The highest BCUT2D eigenvalue weighted by Gasteiger charge is 2.05. The summed E-state index contributed by atoms with van der Waals surface area (Å²) in [4.78, 5) is 25.8. The van der Waals surface area contributed by atoms with Gasteiger partial charge in [0, 0.05) is 19.2 Å². The highest BCUT2D eigenvalue weighted by atomic mass is 16.5. The summed E-state index contributed by atoms with van der Waals surface area (Å²) in [5.41, 5.74) is 2.38. The van der Waals surface area contributed by atoms with Crippen molar-refractivity contribution >= 4 is 22.6 Å². The van der Waals surface area contributed by atoms with Crippen LogP contribution >= 0.6 is 0 Å². The van der Waals surface area contributed by atoms with E-state index in [1.165, 1.54) is 6.92 Å². The summed E-state index contributed by atoms with van der Waals surface area (Å²) in [6, 6.07) is 14.8. The first kappa shape index (κ1) is 15.9. The van der Waals surface area contributed by atoms with Gasteiger partial charge in [-0.1, -0.05) is 12.1 Å². The van der Waals surface area contributed by atoms with Crippen molar-refractivity contribution in [3.63, 3.8) is 0 Å². The van der Waals surface area contributed by atoms with Gasteiger partial charge in [0.1, 0.15) is 5.75 Å². The quantitative estimate of drug-likeness (QED) is 0.684. The van der Waals surface area contributed by atoms with Crippen LogP contribution in [0.15, 0.2) is 53.3 Å². The zero-order valence-corrected chi connectivity index (χ0v) is 13.4. The minimum absolute atomic E-state index is 0.101. The van der Waals surface area contributed by atoms with Crippen molar-refractivity contribution in [1.82, 2.24) is 9.55 Å². The van der Waals surface area contributed by atoms with E-state index in [-0.39, 0.29) is 11.6 Å². The van der Waals surface area contributed by atoms with Gasteiger partial charge in [-0.3, -0.25) is 9.36 Å². The molecular weight excluding hydrogens is 306 g/mol. The molecular formula is C18H19N3O3. The lowest BCUT2D eigenvalue weighted by atomic mass is 10.3. The number of nitrogens with zero attached hydrogens (tertiary/aromatic N) is 1. The third-order valence-corrected chi connectivity index (χ3v) is 3.65. The number of hydrogen-bond donors (Lipinski definition) is 2. The Bertz CT molecular complexity index is 894. The number of anilines is 1. The van der Waals surface area contributed by atoms with Crippen molar-refractivity contribution in [1.29, 1.82) is 0 Å². The van der Waals surface area contributed by atoms with E-state index < -0.39 is 0 Å². The maximum atomic E-state index is 12.0. The van der Waals surface area contributed by atoms with Crippen LogP contribution < -0.4 is 15.7 Å². The van der Waals surface area contributed by atoms with E-state index in [1.807, 2.05) is 36.4 Å². The molecule has 1 aromatic heterocycles. The lowest BCUT2D eigenvalue weighted by Gasteiger charge is -2.08. The van der Waals surface area contributed by atoms with E-state index in [4.69, 9.17) is 4.74 Å². The average Bonchev–Trinajstić information content (AvgIpc) is 2.88. The number of ether oxygens (including phenoxy) is 1. The highest BCUT2D eigenvalue weighted by Crippen LogP contribution is 2.16. The summed E-state index contributed by atoms with van der Waals surface area (Å²) in [7, 11) is 0. The molecule has 0 radical (unpaired) electrons. The number of para-hydroxylation sites is 2. The first-order chi connectivity index (χ1) is 11.6. The molecule has 0 saturated heterocycles. The summed E-state index contributed by atoms with van der Waals surface area (Å²) < 4.78 is 7.40. The number of aromatic amines is 1. The standard InChI is InChI=1S/C18H19N3O3/c1-13(22)19-14-7-9-15(10-8-14)24-12-4-11-21-17-6-3-2-5-16(17)20-18(21)23/h2-3,5-10H,4,11-12H2,1H3,(H,19,22)(H,20,23). The van der Waals surface area contributed by atoms with Crippen molar-refractivity contribution in [3.8, 4) is 5.75 Å². The van der Waals surface area contributed by atoms with Crippen LogP contribution in [0.4, 0.5) is 5.69 Å². The fourth-order valence-electron chi connectivity index (χ4n) is 2.58. The van der Waals surface area contributed by atoms with Crippen molar-refractivity contribution < 1.29 is 9.53 Å². The molecule has 0 atom stereocenters. The molecule has 0 aliphatic carbocycles. The van der Waals surface area contributed by atoms with Crippen LogP contribution in [-0.4, -0.2) is 22.1 Å². The number of imidazole rings is 1. The van der Waals surface area contributed by atoms with Crippen molar-refractivity contribution in [2.75, 3.05) is 11.9 Å². The Balaban J connectivity index is 1.54. The number of rotatable bonds is 6. The molecule has 0 saturated carbocycles. The third kappa shape index (κ3) is 3.65. The van der Waals surface area contributed by atoms with Gasteiger partial charge in [0.2, 0.25) is 5.91 Å². The first-order valence-corrected chi connectivity index (χ1v) is 7.81. The molecule has 6 nitrogen and oxygen atoms in total. The van der Waals surface area contributed by atoms with E-state index >= 15 is 0 Å². The van der Waals surface area contributed by atoms with Gasteiger partial charge in [0.25, 0.3) is 0 Å². The van der Waals surface area contributed by atoms with Gasteiger partial charge in [-0.15, -0.1) is 0 Å². The van der Waals surface area contributed by atoms with E-state index in [0.717, 1.165) is 28.9 Å². The van der Waals surface area contributed by atoms with Crippen LogP contribution in [0.3, 0.4) is 0 Å². The molecule has 24 heavy (non-hydrogen) atoms. The van der Waals surface area contributed by atoms with Crippen LogP contribution in [0.5, 0.6) is 5.75 Å². The Hall–Kier alpha value is -3.02. The van der Waals surface area contributed by atoms with Crippen LogP contribution in [0.25, 0.3) is 11.0 Å². The van der Waals surface area contributed by atoms with Crippen LogP contribution in [0, 0.1) is 0 Å². The van der Waals surface area contributed by atoms with Gasteiger partial charge in [0.15, 0.2) is 0 Å². The monoisotopic (exact) mass is 325 g/mol. The van der Waals surface area contributed by atoms with Crippen LogP contribution in [0.2, 0.25) is 0 Å². The lowest BCUT2D eigenvalue weighted by Crippen LogP contribution is -2.18. The summed E-state index contributed by atoms with van der Waals surface area (Å²) >= 11 is 0. The van der Waals surface area contributed by atoms with E-state index in [2.05, 4.69) is 10.3 Å². The maximum Gasteiger partial charge on any atom is 0.326 e. The second-order valence-electron chi connectivity index (χ2n) is 5.51. The number of hydrogen-bond acceptors (Lipinski definition) is 3. The van der Waals surface area contributed by atoms with Crippen molar-refractivity contribution in [3.05, 3.63) is 59.0 Å². The van der Waals surface area contributed by atoms with E-state index in [9.17, 15) is 9.59 Å². The van der Waals surface area contributed by atoms with E-state index in [0.29, 0.717) is 13.2 Å². The third-order valence-electron chi connectivity index (χ3n) is 3.65. The van der Waals surface area contributed by atoms with Crippen molar-refractivity contribution in [2.24, 2.45) is 0 Å². The van der Waals surface area contributed by atoms with Gasteiger partial charge in [-0.2, -0.15) is 0 Å². The van der Waals surface area contributed by atoms with Crippen LogP contribution in [-0.2, 0) is 11.3 Å². The normalized spacial score (nSPS) is 10.7. The smallest absolute Gasteiger partial charge is 0.326 e. The minimum atomic E-state index is -0.104. The maximum absolute atomic E-state index is 12.0. The molecule has 1 heterocycles.